The van der Waals surface area contributed by atoms with Crippen molar-refractivity contribution in [1.29, 1.82) is 0 Å². The molecule has 0 saturated heterocycles. The normalized spacial score (nSPS) is 22.1. The molecule has 1 aliphatic rings. The molecule has 0 atom stereocenters. The fourth-order valence-corrected chi connectivity index (χ4v) is 2.87. The van der Waals surface area contributed by atoms with Gasteiger partial charge < -0.3 is 5.73 Å². The van der Waals surface area contributed by atoms with Crippen LogP contribution in [0.3, 0.4) is 0 Å². The third kappa shape index (κ3) is 2.91. The van der Waals surface area contributed by atoms with Crippen LogP contribution in [0.15, 0.2) is 0 Å². The summed E-state index contributed by atoms with van der Waals surface area (Å²) in [6.07, 6.45) is 4.94. The van der Waals surface area contributed by atoms with Crippen LogP contribution >= 0.6 is 0 Å². The van der Waals surface area contributed by atoms with Crippen molar-refractivity contribution in [3.05, 3.63) is 0 Å². The maximum atomic E-state index is 11.4. The zero-order chi connectivity index (χ0) is 10.7. The summed E-state index contributed by atoms with van der Waals surface area (Å²) in [4.78, 5) is 0. The first kappa shape index (κ1) is 11.9. The number of hydrogen-bond donors (Lipinski definition) is 3. The average molecular weight is 221 g/mol. The monoisotopic (exact) mass is 221 g/mol. The highest BCUT2D eigenvalue weighted by Crippen LogP contribution is 2.27. The van der Waals surface area contributed by atoms with Gasteiger partial charge in [0.15, 0.2) is 0 Å². The van der Waals surface area contributed by atoms with Crippen molar-refractivity contribution in [2.75, 3.05) is 13.6 Å². The van der Waals surface area contributed by atoms with Gasteiger partial charge in [-0.05, 0) is 12.8 Å². The Balaban J connectivity index is 2.70. The number of hydrogen-bond acceptors (Lipinski definition) is 3. The summed E-state index contributed by atoms with van der Waals surface area (Å²) in [5.41, 5.74) is 5.23. The van der Waals surface area contributed by atoms with Crippen molar-refractivity contribution in [2.45, 2.75) is 37.6 Å². The Morgan fingerprint density at radius 2 is 1.86 bits per heavy atom. The van der Waals surface area contributed by atoms with E-state index in [9.17, 15) is 8.42 Å². The van der Waals surface area contributed by atoms with Gasteiger partial charge in [-0.1, -0.05) is 19.3 Å². The molecule has 0 radical (unpaired) electrons. The molecule has 4 N–H and O–H groups in total. The van der Waals surface area contributed by atoms with Crippen LogP contribution < -0.4 is 15.2 Å². The van der Waals surface area contributed by atoms with E-state index in [0.717, 1.165) is 25.7 Å². The highest BCUT2D eigenvalue weighted by atomic mass is 32.2. The SMILES string of the molecule is CNS(=O)(=O)NC1(CN)CCCCC1. The molecule has 5 nitrogen and oxygen atoms in total. The minimum Gasteiger partial charge on any atom is -0.329 e. The Bertz CT molecular complexity index is 270. The smallest absolute Gasteiger partial charge is 0.277 e. The zero-order valence-electron chi connectivity index (χ0n) is 8.54. The molecule has 0 bridgehead atoms. The summed E-state index contributed by atoms with van der Waals surface area (Å²) in [7, 11) is -1.97. The molecular formula is C8H19N3O2S. The van der Waals surface area contributed by atoms with Crippen LogP contribution in [0.1, 0.15) is 32.1 Å². The van der Waals surface area contributed by atoms with Crippen LogP contribution in [-0.2, 0) is 10.2 Å². The molecule has 0 aromatic heterocycles. The van der Waals surface area contributed by atoms with Gasteiger partial charge in [-0.15, -0.1) is 0 Å². The molecule has 0 spiro atoms. The summed E-state index contributed by atoms with van der Waals surface area (Å²) in [5.74, 6) is 0. The molecule has 0 aromatic carbocycles. The van der Waals surface area contributed by atoms with Crippen LogP contribution in [0, 0.1) is 0 Å². The molecule has 0 unspecified atom stereocenters. The first-order valence-electron chi connectivity index (χ1n) is 4.96. The van der Waals surface area contributed by atoms with E-state index >= 15 is 0 Å². The van der Waals surface area contributed by atoms with E-state index in [4.69, 9.17) is 5.73 Å². The Morgan fingerprint density at radius 3 is 2.29 bits per heavy atom. The highest BCUT2D eigenvalue weighted by molar-refractivity contribution is 7.87. The first-order chi connectivity index (χ1) is 6.54. The van der Waals surface area contributed by atoms with Crippen molar-refractivity contribution >= 4 is 10.2 Å². The lowest BCUT2D eigenvalue weighted by Gasteiger charge is -2.36. The average Bonchev–Trinajstić information content (AvgIpc) is 2.19. The second-order valence-corrected chi connectivity index (χ2v) is 5.47. The van der Waals surface area contributed by atoms with Gasteiger partial charge in [0.05, 0.1) is 0 Å². The maximum absolute atomic E-state index is 11.4. The van der Waals surface area contributed by atoms with E-state index in [-0.39, 0.29) is 0 Å². The predicted octanol–water partition coefficient (Wildman–Crippen LogP) is -0.298. The second-order valence-electron chi connectivity index (χ2n) is 3.85. The van der Waals surface area contributed by atoms with Crippen molar-refractivity contribution in [3.63, 3.8) is 0 Å². The summed E-state index contributed by atoms with van der Waals surface area (Å²) in [5, 5.41) is 0. The fraction of sp³-hybridized carbons (Fsp3) is 1.00. The van der Waals surface area contributed by atoms with E-state index in [0.29, 0.717) is 6.54 Å². The lowest BCUT2D eigenvalue weighted by Crippen LogP contribution is -2.56. The standard InChI is InChI=1S/C8H19N3O2S/c1-10-14(12,13)11-8(7-9)5-3-2-4-6-8/h10-11H,2-7,9H2,1H3. The first-order valence-corrected chi connectivity index (χ1v) is 6.44. The molecule has 0 heterocycles. The topological polar surface area (TPSA) is 84.2 Å². The third-order valence-electron chi connectivity index (χ3n) is 2.82. The molecule has 0 amide bonds. The largest absolute Gasteiger partial charge is 0.329 e. The second kappa shape index (κ2) is 4.57. The molecule has 0 aromatic rings. The molecule has 1 fully saturated rings. The Labute approximate surface area is 85.6 Å². The van der Waals surface area contributed by atoms with Crippen LogP contribution in [0.2, 0.25) is 0 Å². The minimum absolute atomic E-state index is 0.369. The van der Waals surface area contributed by atoms with Gasteiger partial charge in [-0.25, -0.2) is 4.72 Å². The van der Waals surface area contributed by atoms with Gasteiger partial charge >= 0.3 is 0 Å². The number of rotatable bonds is 4. The maximum Gasteiger partial charge on any atom is 0.277 e. The van der Waals surface area contributed by atoms with Crippen LogP contribution in [-0.4, -0.2) is 27.5 Å². The Kier molecular flexibility index (Phi) is 3.88. The quantitative estimate of drug-likeness (QED) is 0.609. The minimum atomic E-state index is -3.37. The number of nitrogens with one attached hydrogen (secondary N) is 2. The predicted molar refractivity (Wildman–Crippen MR) is 56.0 cm³/mol. The fourth-order valence-electron chi connectivity index (χ4n) is 1.91. The van der Waals surface area contributed by atoms with E-state index in [2.05, 4.69) is 9.44 Å². The molecule has 84 valence electrons. The molecule has 1 rings (SSSR count). The third-order valence-corrected chi connectivity index (χ3v) is 4.06. The Hall–Kier alpha value is -0.170. The zero-order valence-corrected chi connectivity index (χ0v) is 9.36. The van der Waals surface area contributed by atoms with Gasteiger partial charge in [0.2, 0.25) is 0 Å². The van der Waals surface area contributed by atoms with Gasteiger partial charge in [0, 0.05) is 19.1 Å². The van der Waals surface area contributed by atoms with E-state index < -0.39 is 15.7 Å². The van der Waals surface area contributed by atoms with E-state index in [1.54, 1.807) is 0 Å². The molecular weight excluding hydrogens is 202 g/mol. The van der Waals surface area contributed by atoms with E-state index in [1.807, 2.05) is 0 Å². The summed E-state index contributed by atoms with van der Waals surface area (Å²) < 4.78 is 27.6. The molecule has 1 saturated carbocycles. The van der Waals surface area contributed by atoms with Crippen LogP contribution in [0.25, 0.3) is 0 Å². The van der Waals surface area contributed by atoms with Crippen molar-refractivity contribution in [1.82, 2.24) is 9.44 Å². The molecule has 6 heteroatoms. The van der Waals surface area contributed by atoms with Gasteiger partial charge in [-0.2, -0.15) is 13.1 Å². The lowest BCUT2D eigenvalue weighted by molar-refractivity contribution is 0.276. The molecule has 1 aliphatic carbocycles. The number of nitrogens with two attached hydrogens (primary N) is 1. The molecule has 14 heavy (non-hydrogen) atoms. The summed E-state index contributed by atoms with van der Waals surface area (Å²) in [6, 6.07) is 0. The lowest BCUT2D eigenvalue weighted by atomic mass is 9.83. The summed E-state index contributed by atoms with van der Waals surface area (Å²) >= 11 is 0. The summed E-state index contributed by atoms with van der Waals surface area (Å²) in [6.45, 7) is 0.369. The Morgan fingerprint density at radius 1 is 1.29 bits per heavy atom. The van der Waals surface area contributed by atoms with Crippen molar-refractivity contribution < 1.29 is 8.42 Å². The van der Waals surface area contributed by atoms with Gasteiger partial charge in [-0.3, -0.25) is 0 Å². The van der Waals surface area contributed by atoms with Gasteiger partial charge in [0.1, 0.15) is 0 Å². The molecule has 0 aliphatic heterocycles. The van der Waals surface area contributed by atoms with Gasteiger partial charge in [0.25, 0.3) is 10.2 Å². The van der Waals surface area contributed by atoms with Crippen molar-refractivity contribution in [2.24, 2.45) is 5.73 Å². The van der Waals surface area contributed by atoms with Crippen molar-refractivity contribution in [3.8, 4) is 0 Å². The highest BCUT2D eigenvalue weighted by Gasteiger charge is 2.33. The van der Waals surface area contributed by atoms with Crippen LogP contribution in [0.5, 0.6) is 0 Å². The van der Waals surface area contributed by atoms with Crippen LogP contribution in [0.4, 0.5) is 0 Å². The van der Waals surface area contributed by atoms with E-state index in [1.165, 1.54) is 13.5 Å².